The van der Waals surface area contributed by atoms with E-state index in [1.165, 1.54) is 12.0 Å². The fourth-order valence-corrected chi connectivity index (χ4v) is 4.14. The molecule has 2 bridgehead atoms. The van der Waals surface area contributed by atoms with Crippen LogP contribution in [-0.2, 0) is 11.2 Å². The Labute approximate surface area is 114 Å². The number of nitrogens with zero attached hydrogens (tertiary/aromatic N) is 1. The Hall–Kier alpha value is -1.57. The summed E-state index contributed by atoms with van der Waals surface area (Å²) in [6.45, 7) is 2.17. The number of benzene rings is 1. The second kappa shape index (κ2) is 3.96. The van der Waals surface area contributed by atoms with E-state index in [0.29, 0.717) is 23.8 Å². The third-order valence-corrected chi connectivity index (χ3v) is 5.04. The summed E-state index contributed by atoms with van der Waals surface area (Å²) in [5.41, 5.74) is 2.47. The minimum Gasteiger partial charge on any atom is -0.309 e. The van der Waals surface area contributed by atoms with E-state index in [1.807, 2.05) is 6.07 Å². The fourth-order valence-electron chi connectivity index (χ4n) is 4.14. The molecule has 1 fully saturated rings. The summed E-state index contributed by atoms with van der Waals surface area (Å²) in [6.07, 6.45) is 7.82. The molecule has 1 amide bonds. The van der Waals surface area contributed by atoms with Crippen LogP contribution in [0.15, 0.2) is 36.4 Å². The summed E-state index contributed by atoms with van der Waals surface area (Å²) in [7, 11) is 0. The summed E-state index contributed by atoms with van der Waals surface area (Å²) in [5, 5.41) is 0. The van der Waals surface area contributed by atoms with Crippen molar-refractivity contribution >= 4 is 11.6 Å². The number of carbonyl (C=O) groups excluding carboxylic acids is 1. The quantitative estimate of drug-likeness (QED) is 0.704. The first-order valence-corrected chi connectivity index (χ1v) is 7.33. The van der Waals surface area contributed by atoms with Crippen molar-refractivity contribution in [3.8, 4) is 0 Å². The first kappa shape index (κ1) is 11.3. The highest BCUT2D eigenvalue weighted by molar-refractivity contribution is 5.98. The zero-order valence-electron chi connectivity index (χ0n) is 11.3. The van der Waals surface area contributed by atoms with Gasteiger partial charge in [0.05, 0.1) is 0 Å². The Morgan fingerprint density at radius 3 is 2.79 bits per heavy atom. The van der Waals surface area contributed by atoms with Gasteiger partial charge in [0.2, 0.25) is 5.91 Å². The SMILES string of the molecule is CC1Cc2ccccc2N1C(=O)C1CC2C=CC1C2. The van der Waals surface area contributed by atoms with E-state index in [9.17, 15) is 4.79 Å². The van der Waals surface area contributed by atoms with Gasteiger partial charge in [0, 0.05) is 17.6 Å². The standard InChI is InChI=1S/C17H19NO/c1-11-8-14-4-2-3-5-16(14)18(11)17(19)15-10-12-6-7-13(15)9-12/h2-7,11-13,15H,8-10H2,1H3. The lowest BCUT2D eigenvalue weighted by Crippen LogP contribution is -2.41. The highest BCUT2D eigenvalue weighted by atomic mass is 16.2. The van der Waals surface area contributed by atoms with Gasteiger partial charge in [-0.25, -0.2) is 0 Å². The summed E-state index contributed by atoms with van der Waals surface area (Å²) in [5.74, 6) is 1.74. The van der Waals surface area contributed by atoms with Crippen molar-refractivity contribution in [2.75, 3.05) is 4.90 Å². The molecule has 4 atom stereocenters. The van der Waals surface area contributed by atoms with Crippen molar-refractivity contribution in [2.45, 2.75) is 32.2 Å². The van der Waals surface area contributed by atoms with Crippen LogP contribution in [0.2, 0.25) is 0 Å². The normalized spacial score (nSPS) is 34.9. The molecule has 0 aromatic heterocycles. The van der Waals surface area contributed by atoms with E-state index in [1.54, 1.807) is 0 Å². The zero-order valence-corrected chi connectivity index (χ0v) is 11.3. The first-order chi connectivity index (χ1) is 9.24. The Kier molecular flexibility index (Phi) is 2.35. The zero-order chi connectivity index (χ0) is 13.0. The second-order valence-electron chi connectivity index (χ2n) is 6.28. The first-order valence-electron chi connectivity index (χ1n) is 7.33. The maximum atomic E-state index is 12.9. The van der Waals surface area contributed by atoms with Crippen LogP contribution in [0, 0.1) is 17.8 Å². The third kappa shape index (κ3) is 1.59. The fraction of sp³-hybridized carbons (Fsp3) is 0.471. The Bertz CT molecular complexity index is 562. The molecule has 1 heterocycles. The smallest absolute Gasteiger partial charge is 0.230 e. The minimum atomic E-state index is 0.226. The monoisotopic (exact) mass is 253 g/mol. The third-order valence-electron chi connectivity index (χ3n) is 5.04. The highest BCUT2D eigenvalue weighted by Gasteiger charge is 2.44. The van der Waals surface area contributed by atoms with Crippen LogP contribution in [0.25, 0.3) is 0 Å². The molecule has 2 heteroatoms. The number of fused-ring (bicyclic) bond motifs is 3. The largest absolute Gasteiger partial charge is 0.309 e. The molecule has 1 saturated carbocycles. The summed E-state index contributed by atoms with van der Waals surface area (Å²) >= 11 is 0. The predicted molar refractivity (Wildman–Crippen MR) is 75.9 cm³/mol. The van der Waals surface area contributed by atoms with Crippen LogP contribution in [0.1, 0.15) is 25.3 Å². The van der Waals surface area contributed by atoms with Crippen molar-refractivity contribution in [2.24, 2.45) is 17.8 Å². The molecule has 0 spiro atoms. The number of carbonyl (C=O) groups is 1. The molecule has 4 rings (SSSR count). The molecule has 4 unspecified atom stereocenters. The molecule has 2 nitrogen and oxygen atoms in total. The highest BCUT2D eigenvalue weighted by Crippen LogP contribution is 2.45. The van der Waals surface area contributed by atoms with Gasteiger partial charge in [-0.15, -0.1) is 0 Å². The summed E-state index contributed by atoms with van der Waals surface area (Å²) < 4.78 is 0. The van der Waals surface area contributed by atoms with Crippen molar-refractivity contribution in [3.05, 3.63) is 42.0 Å². The van der Waals surface area contributed by atoms with Gasteiger partial charge in [-0.1, -0.05) is 30.4 Å². The molecule has 98 valence electrons. The molecule has 3 aliphatic rings. The predicted octanol–water partition coefficient (Wildman–Crippen LogP) is 3.18. The number of hydrogen-bond donors (Lipinski definition) is 0. The lowest BCUT2D eigenvalue weighted by Gasteiger charge is -2.28. The molecule has 0 saturated heterocycles. The van der Waals surface area contributed by atoms with Gasteiger partial charge in [0.1, 0.15) is 0 Å². The van der Waals surface area contributed by atoms with Crippen LogP contribution < -0.4 is 4.90 Å². The van der Waals surface area contributed by atoms with Crippen LogP contribution in [-0.4, -0.2) is 11.9 Å². The molecule has 0 radical (unpaired) electrons. The molecule has 1 aliphatic heterocycles. The molecular formula is C17H19NO. The molecule has 0 N–H and O–H groups in total. The van der Waals surface area contributed by atoms with Gasteiger partial charge < -0.3 is 4.90 Å². The van der Waals surface area contributed by atoms with E-state index in [2.05, 4.69) is 42.2 Å². The minimum absolute atomic E-state index is 0.226. The summed E-state index contributed by atoms with van der Waals surface area (Å²) in [6, 6.07) is 8.67. The van der Waals surface area contributed by atoms with Crippen LogP contribution >= 0.6 is 0 Å². The topological polar surface area (TPSA) is 20.3 Å². The van der Waals surface area contributed by atoms with E-state index < -0.39 is 0 Å². The van der Waals surface area contributed by atoms with Gasteiger partial charge in [0.15, 0.2) is 0 Å². The van der Waals surface area contributed by atoms with Gasteiger partial charge in [0.25, 0.3) is 0 Å². The van der Waals surface area contributed by atoms with Gasteiger partial charge >= 0.3 is 0 Å². The lowest BCUT2D eigenvalue weighted by molar-refractivity contribution is -0.123. The molecule has 1 aromatic rings. The maximum absolute atomic E-state index is 12.9. The van der Waals surface area contributed by atoms with Crippen molar-refractivity contribution in [1.82, 2.24) is 0 Å². The van der Waals surface area contributed by atoms with E-state index in [0.717, 1.165) is 18.5 Å². The van der Waals surface area contributed by atoms with E-state index >= 15 is 0 Å². The molecule has 2 aliphatic carbocycles. The van der Waals surface area contributed by atoms with E-state index in [4.69, 9.17) is 0 Å². The van der Waals surface area contributed by atoms with Crippen molar-refractivity contribution in [3.63, 3.8) is 0 Å². The number of rotatable bonds is 1. The number of para-hydroxylation sites is 1. The average molecular weight is 253 g/mol. The summed E-state index contributed by atoms with van der Waals surface area (Å²) in [4.78, 5) is 15.0. The molecule has 1 aromatic carbocycles. The maximum Gasteiger partial charge on any atom is 0.230 e. The Morgan fingerprint density at radius 2 is 2.05 bits per heavy atom. The van der Waals surface area contributed by atoms with E-state index in [-0.39, 0.29) is 5.92 Å². The average Bonchev–Trinajstić information content (AvgIpc) is 3.10. The van der Waals surface area contributed by atoms with Crippen LogP contribution in [0.5, 0.6) is 0 Å². The number of anilines is 1. The lowest BCUT2D eigenvalue weighted by atomic mass is 9.92. The van der Waals surface area contributed by atoms with Crippen molar-refractivity contribution in [1.29, 1.82) is 0 Å². The number of amides is 1. The van der Waals surface area contributed by atoms with Gasteiger partial charge in [-0.3, -0.25) is 4.79 Å². The van der Waals surface area contributed by atoms with Crippen LogP contribution in [0.3, 0.4) is 0 Å². The number of hydrogen-bond acceptors (Lipinski definition) is 1. The molecular weight excluding hydrogens is 234 g/mol. The molecule has 19 heavy (non-hydrogen) atoms. The van der Waals surface area contributed by atoms with Gasteiger partial charge in [-0.2, -0.15) is 0 Å². The Morgan fingerprint density at radius 1 is 1.21 bits per heavy atom. The van der Waals surface area contributed by atoms with Crippen LogP contribution in [0.4, 0.5) is 5.69 Å². The second-order valence-corrected chi connectivity index (χ2v) is 6.28. The van der Waals surface area contributed by atoms with Gasteiger partial charge in [-0.05, 0) is 49.7 Å². The van der Waals surface area contributed by atoms with Crippen molar-refractivity contribution < 1.29 is 4.79 Å². The number of allylic oxidation sites excluding steroid dienone is 2. The Balaban J connectivity index is 1.66.